The maximum absolute atomic E-state index is 13.6. The Hall–Kier alpha value is -3.39. The van der Waals surface area contributed by atoms with Crippen LogP contribution in [0.25, 0.3) is 0 Å². The van der Waals surface area contributed by atoms with Crippen LogP contribution in [0.2, 0.25) is 0 Å². The third kappa shape index (κ3) is 7.55. The Labute approximate surface area is 206 Å². The molecule has 188 valence electrons. The van der Waals surface area contributed by atoms with Crippen LogP contribution in [0.15, 0.2) is 60.7 Å². The molecule has 1 saturated heterocycles. The van der Waals surface area contributed by atoms with Crippen LogP contribution in [-0.4, -0.2) is 48.0 Å². The van der Waals surface area contributed by atoms with Gasteiger partial charge >= 0.3 is 12.1 Å². The fraction of sp³-hybridized carbons (Fsp3) is 0.444. The van der Waals surface area contributed by atoms with Crippen LogP contribution < -0.4 is 5.32 Å². The Morgan fingerprint density at radius 2 is 1.66 bits per heavy atom. The normalized spacial score (nSPS) is 18.2. The van der Waals surface area contributed by atoms with Crippen molar-refractivity contribution in [3.8, 4) is 0 Å². The molecule has 1 fully saturated rings. The van der Waals surface area contributed by atoms with E-state index in [0.717, 1.165) is 11.1 Å². The summed E-state index contributed by atoms with van der Waals surface area (Å²) in [6.45, 7) is 5.66. The number of esters is 1. The monoisotopic (exact) mass is 482 g/mol. The molecule has 1 heterocycles. The van der Waals surface area contributed by atoms with Crippen molar-refractivity contribution in [2.75, 3.05) is 6.73 Å². The first kappa shape index (κ1) is 26.2. The van der Waals surface area contributed by atoms with Gasteiger partial charge in [-0.05, 0) is 29.9 Å². The molecule has 1 aliphatic heterocycles. The quantitative estimate of drug-likeness (QED) is 0.514. The van der Waals surface area contributed by atoms with Gasteiger partial charge in [0.25, 0.3) is 0 Å². The highest BCUT2D eigenvalue weighted by atomic mass is 16.7. The first-order chi connectivity index (χ1) is 16.9. The number of hydrogen-bond donors (Lipinski definition) is 1. The second kappa shape index (κ2) is 12.9. The molecule has 0 aliphatic carbocycles. The number of carbonyl (C=O) groups is 3. The summed E-state index contributed by atoms with van der Waals surface area (Å²) in [5.74, 6) is -0.884. The summed E-state index contributed by atoms with van der Waals surface area (Å²) in [6.07, 6.45) is -0.181. The summed E-state index contributed by atoms with van der Waals surface area (Å²) in [7, 11) is 0. The second-order valence-corrected chi connectivity index (χ2v) is 8.90. The Morgan fingerprint density at radius 1 is 1.03 bits per heavy atom. The zero-order valence-corrected chi connectivity index (χ0v) is 20.5. The lowest BCUT2D eigenvalue weighted by atomic mass is 10.00. The molecule has 1 N–H and O–H groups in total. The lowest BCUT2D eigenvalue weighted by molar-refractivity contribution is -0.171. The third-order valence-corrected chi connectivity index (χ3v) is 5.78. The molecule has 0 unspecified atom stereocenters. The Bertz CT molecular complexity index is 966. The number of amides is 2. The molecule has 2 aromatic carbocycles. The van der Waals surface area contributed by atoms with Crippen LogP contribution in [0.4, 0.5) is 4.79 Å². The molecule has 3 atom stereocenters. The number of carbonyl (C=O) groups excluding carboxylic acids is 3. The molecule has 8 nitrogen and oxygen atoms in total. The Kier molecular flexibility index (Phi) is 9.66. The highest BCUT2D eigenvalue weighted by molar-refractivity contribution is 5.86. The minimum Gasteiger partial charge on any atom is -0.445 e. The lowest BCUT2D eigenvalue weighted by Gasteiger charge is -2.30. The molecular weight excluding hydrogens is 448 g/mol. The van der Waals surface area contributed by atoms with E-state index in [-0.39, 0.29) is 37.6 Å². The van der Waals surface area contributed by atoms with Crippen molar-refractivity contribution in [3.63, 3.8) is 0 Å². The molecule has 2 aromatic rings. The average Bonchev–Trinajstić information content (AvgIpc) is 3.23. The van der Waals surface area contributed by atoms with Crippen LogP contribution in [0.3, 0.4) is 0 Å². The first-order valence-corrected chi connectivity index (χ1v) is 12.0. The van der Waals surface area contributed by atoms with Crippen LogP contribution in [-0.2, 0) is 36.8 Å². The molecule has 0 radical (unpaired) electrons. The smallest absolute Gasteiger partial charge is 0.408 e. The first-order valence-electron chi connectivity index (χ1n) is 12.0. The zero-order chi connectivity index (χ0) is 25.2. The molecule has 0 bridgehead atoms. The Morgan fingerprint density at radius 3 is 2.26 bits per heavy atom. The van der Waals surface area contributed by atoms with Crippen LogP contribution in [0.5, 0.6) is 0 Å². The topological polar surface area (TPSA) is 94.2 Å². The molecular formula is C27H34N2O6. The van der Waals surface area contributed by atoms with E-state index in [1.54, 1.807) is 4.90 Å². The number of ether oxygens (including phenoxy) is 3. The maximum atomic E-state index is 13.6. The highest BCUT2D eigenvalue weighted by Gasteiger charge is 2.43. The van der Waals surface area contributed by atoms with E-state index >= 15 is 0 Å². The summed E-state index contributed by atoms with van der Waals surface area (Å²) in [4.78, 5) is 39.8. The van der Waals surface area contributed by atoms with Gasteiger partial charge in [-0.1, -0.05) is 81.4 Å². The van der Waals surface area contributed by atoms with E-state index in [4.69, 9.17) is 14.2 Å². The van der Waals surface area contributed by atoms with Crippen molar-refractivity contribution in [2.24, 2.45) is 5.92 Å². The second-order valence-electron chi connectivity index (χ2n) is 8.90. The number of benzene rings is 2. The molecule has 1 aliphatic rings. The maximum Gasteiger partial charge on any atom is 0.408 e. The van der Waals surface area contributed by atoms with Gasteiger partial charge in [0.1, 0.15) is 25.4 Å². The van der Waals surface area contributed by atoms with Gasteiger partial charge in [0, 0.05) is 6.42 Å². The summed E-state index contributed by atoms with van der Waals surface area (Å²) < 4.78 is 16.6. The van der Waals surface area contributed by atoms with Crippen LogP contribution >= 0.6 is 0 Å². The van der Waals surface area contributed by atoms with Gasteiger partial charge in [-0.3, -0.25) is 9.59 Å². The minimum absolute atomic E-state index is 0.0373. The van der Waals surface area contributed by atoms with E-state index in [1.807, 2.05) is 81.4 Å². The van der Waals surface area contributed by atoms with Crippen molar-refractivity contribution in [2.45, 2.75) is 65.0 Å². The van der Waals surface area contributed by atoms with Gasteiger partial charge in [0.05, 0.1) is 0 Å². The van der Waals surface area contributed by atoms with Crippen molar-refractivity contribution in [3.05, 3.63) is 71.8 Å². The summed E-state index contributed by atoms with van der Waals surface area (Å²) in [5, 5.41) is 2.71. The predicted molar refractivity (Wildman–Crippen MR) is 130 cm³/mol. The molecule has 2 amide bonds. The largest absolute Gasteiger partial charge is 0.445 e. The fourth-order valence-electron chi connectivity index (χ4n) is 3.89. The van der Waals surface area contributed by atoms with Gasteiger partial charge in [0.15, 0.2) is 0 Å². The number of hydrogen-bond acceptors (Lipinski definition) is 6. The average molecular weight is 483 g/mol. The molecule has 0 aromatic heterocycles. The van der Waals surface area contributed by atoms with E-state index in [0.29, 0.717) is 12.8 Å². The molecule has 3 rings (SSSR count). The number of alkyl carbamates (subject to hydrolysis) is 1. The number of nitrogens with zero attached hydrogens (tertiary/aromatic N) is 1. The fourth-order valence-corrected chi connectivity index (χ4v) is 3.89. The van der Waals surface area contributed by atoms with Crippen molar-refractivity contribution >= 4 is 18.0 Å². The molecule has 0 saturated carbocycles. The number of nitrogens with one attached hydrogen (secondary N) is 1. The molecule has 8 heteroatoms. The van der Waals surface area contributed by atoms with Crippen molar-refractivity contribution < 1.29 is 28.6 Å². The van der Waals surface area contributed by atoms with E-state index in [9.17, 15) is 14.4 Å². The van der Waals surface area contributed by atoms with E-state index in [1.165, 1.54) is 0 Å². The third-order valence-electron chi connectivity index (χ3n) is 5.78. The molecule has 0 spiro atoms. The van der Waals surface area contributed by atoms with Gasteiger partial charge in [-0.15, -0.1) is 0 Å². The van der Waals surface area contributed by atoms with Crippen molar-refractivity contribution in [1.82, 2.24) is 10.2 Å². The zero-order valence-electron chi connectivity index (χ0n) is 20.5. The highest BCUT2D eigenvalue weighted by Crippen LogP contribution is 2.25. The lowest BCUT2D eigenvalue weighted by Crippen LogP contribution is -2.54. The summed E-state index contributed by atoms with van der Waals surface area (Å²) in [5.41, 5.74) is 1.83. The van der Waals surface area contributed by atoms with Gasteiger partial charge in [0.2, 0.25) is 12.2 Å². The van der Waals surface area contributed by atoms with Gasteiger partial charge < -0.3 is 24.4 Å². The van der Waals surface area contributed by atoms with Gasteiger partial charge in [-0.2, -0.15) is 0 Å². The minimum atomic E-state index is -0.879. The standard InChI is InChI=1S/C27H34N2O6/c1-4-11-23(30)35-26-22(16-20-12-7-5-8-13-20)29(18-34-26)25(31)24(19(2)3)28-27(32)33-17-21-14-9-6-10-15-21/h5-10,12-15,19,22,24,26H,4,11,16-18H2,1-3H3,(H,28,32)/t22-,24-,26-/m0/s1. The van der Waals surface area contributed by atoms with Crippen molar-refractivity contribution in [1.29, 1.82) is 0 Å². The van der Waals surface area contributed by atoms with Crippen LogP contribution in [0.1, 0.15) is 44.7 Å². The van der Waals surface area contributed by atoms with E-state index in [2.05, 4.69) is 5.32 Å². The Balaban J connectivity index is 1.71. The predicted octanol–water partition coefficient (Wildman–Crippen LogP) is 4.03. The molecule has 35 heavy (non-hydrogen) atoms. The van der Waals surface area contributed by atoms with Gasteiger partial charge in [-0.25, -0.2) is 4.79 Å². The SMILES string of the molecule is CCCC(=O)O[C@@H]1OCN(C(=O)[C@@H](NC(=O)OCc2ccccc2)C(C)C)[C@H]1Cc1ccccc1. The number of rotatable bonds is 10. The van der Waals surface area contributed by atoms with Crippen LogP contribution in [0, 0.1) is 5.92 Å². The summed E-state index contributed by atoms with van der Waals surface area (Å²) in [6, 6.07) is 17.6. The summed E-state index contributed by atoms with van der Waals surface area (Å²) >= 11 is 0. The van der Waals surface area contributed by atoms with E-state index < -0.39 is 24.5 Å².